The van der Waals surface area contributed by atoms with E-state index >= 15 is 0 Å². The highest BCUT2D eigenvalue weighted by Crippen LogP contribution is 2.33. The Morgan fingerprint density at radius 1 is 1.25 bits per heavy atom. The Morgan fingerprint density at radius 2 is 1.96 bits per heavy atom. The third-order valence-corrected chi connectivity index (χ3v) is 2.62. The maximum absolute atomic E-state index is 13.1. The molecule has 1 amide bonds. The van der Waals surface area contributed by atoms with Crippen LogP contribution < -0.4 is 10.9 Å². The summed E-state index contributed by atoms with van der Waals surface area (Å²) in [6, 6.07) is 1.96. The number of anilines is 1. The van der Waals surface area contributed by atoms with E-state index in [1.165, 1.54) is 18.7 Å². The van der Waals surface area contributed by atoms with E-state index in [1.807, 2.05) is 0 Å². The van der Waals surface area contributed by atoms with E-state index < -0.39 is 23.4 Å². The molecule has 0 spiro atoms. The second-order valence-corrected chi connectivity index (χ2v) is 5.79. The summed E-state index contributed by atoms with van der Waals surface area (Å²) in [5.74, 6) is -0.353. The minimum atomic E-state index is -4.58. The van der Waals surface area contributed by atoms with Crippen molar-refractivity contribution in [3.8, 4) is 5.82 Å². The quantitative estimate of drug-likeness (QED) is 0.837. The summed E-state index contributed by atoms with van der Waals surface area (Å²) in [6.07, 6.45) is -1.50. The number of rotatable bonds is 3. The SMILES string of the molecule is CC(C)(C)OC(=O)NNc1ccc(C(F)(F)F)c(-n2ccnc2)n1. The van der Waals surface area contributed by atoms with Gasteiger partial charge in [-0.05, 0) is 32.9 Å². The average molecular weight is 343 g/mol. The van der Waals surface area contributed by atoms with Gasteiger partial charge in [-0.15, -0.1) is 0 Å². The van der Waals surface area contributed by atoms with Gasteiger partial charge in [0.25, 0.3) is 0 Å². The molecule has 24 heavy (non-hydrogen) atoms. The maximum atomic E-state index is 13.1. The van der Waals surface area contributed by atoms with Gasteiger partial charge < -0.3 is 4.74 Å². The van der Waals surface area contributed by atoms with Crippen molar-refractivity contribution < 1.29 is 22.7 Å². The highest BCUT2D eigenvalue weighted by Gasteiger charge is 2.35. The molecule has 2 N–H and O–H groups in total. The fraction of sp³-hybridized carbons (Fsp3) is 0.357. The lowest BCUT2D eigenvalue weighted by Gasteiger charge is -2.20. The molecule has 0 aliphatic carbocycles. The topological polar surface area (TPSA) is 81.1 Å². The first kappa shape index (κ1) is 17.6. The van der Waals surface area contributed by atoms with Crippen molar-refractivity contribution in [2.45, 2.75) is 32.5 Å². The summed E-state index contributed by atoms with van der Waals surface area (Å²) in [6.45, 7) is 5.04. The van der Waals surface area contributed by atoms with E-state index in [-0.39, 0.29) is 11.6 Å². The second kappa shape index (κ2) is 6.38. The van der Waals surface area contributed by atoms with E-state index in [2.05, 4.69) is 20.8 Å². The zero-order valence-corrected chi connectivity index (χ0v) is 13.2. The van der Waals surface area contributed by atoms with Crippen molar-refractivity contribution in [3.63, 3.8) is 0 Å². The number of pyridine rings is 1. The highest BCUT2D eigenvalue weighted by atomic mass is 19.4. The molecule has 0 aliphatic heterocycles. The van der Waals surface area contributed by atoms with Crippen molar-refractivity contribution in [2.24, 2.45) is 0 Å². The Hall–Kier alpha value is -2.78. The van der Waals surface area contributed by atoms with Gasteiger partial charge in [0.2, 0.25) is 0 Å². The number of hydrazine groups is 1. The largest absolute Gasteiger partial charge is 0.443 e. The van der Waals surface area contributed by atoms with Gasteiger partial charge in [0.15, 0.2) is 5.82 Å². The summed E-state index contributed by atoms with van der Waals surface area (Å²) in [4.78, 5) is 19.1. The number of nitrogens with one attached hydrogen (secondary N) is 2. The van der Waals surface area contributed by atoms with E-state index in [0.717, 1.165) is 16.7 Å². The Labute approximate surface area is 135 Å². The zero-order valence-electron chi connectivity index (χ0n) is 13.2. The Bertz CT molecular complexity index is 708. The number of nitrogens with zero attached hydrogens (tertiary/aromatic N) is 3. The van der Waals surface area contributed by atoms with Crippen molar-refractivity contribution >= 4 is 11.9 Å². The zero-order chi connectivity index (χ0) is 18.0. The van der Waals surface area contributed by atoms with Crippen LogP contribution in [0.4, 0.5) is 23.8 Å². The molecular weight excluding hydrogens is 327 g/mol. The van der Waals surface area contributed by atoms with Crippen LogP contribution in [0.5, 0.6) is 0 Å². The number of amides is 1. The number of hydrogen-bond donors (Lipinski definition) is 2. The molecule has 0 atom stereocenters. The molecule has 0 aliphatic rings. The van der Waals surface area contributed by atoms with E-state index in [1.54, 1.807) is 20.8 Å². The summed E-state index contributed by atoms with van der Waals surface area (Å²) in [5.41, 5.74) is 2.98. The minimum absolute atomic E-state index is 0.0116. The molecule has 2 aromatic rings. The fourth-order valence-electron chi connectivity index (χ4n) is 1.74. The third kappa shape index (κ3) is 4.61. The lowest BCUT2D eigenvalue weighted by molar-refractivity contribution is -0.137. The average Bonchev–Trinajstić information content (AvgIpc) is 2.96. The van der Waals surface area contributed by atoms with Crippen LogP contribution in [0.2, 0.25) is 0 Å². The molecule has 130 valence electrons. The van der Waals surface area contributed by atoms with Gasteiger partial charge in [-0.2, -0.15) is 13.2 Å². The highest BCUT2D eigenvalue weighted by molar-refractivity contribution is 5.69. The van der Waals surface area contributed by atoms with Crippen LogP contribution in [0.3, 0.4) is 0 Å². The molecule has 10 heteroatoms. The van der Waals surface area contributed by atoms with Gasteiger partial charge in [0.1, 0.15) is 17.7 Å². The lowest BCUT2D eigenvalue weighted by Crippen LogP contribution is -2.36. The molecule has 0 saturated heterocycles. The Kier molecular flexibility index (Phi) is 4.67. The molecule has 2 heterocycles. The standard InChI is InChI=1S/C14H16F3N5O2/c1-13(2,3)24-12(23)21-20-10-5-4-9(14(15,16)17)11(19-10)22-7-6-18-8-22/h4-8H,1-3H3,(H,19,20)(H,21,23). The number of halogens is 3. The molecule has 0 fully saturated rings. The van der Waals surface area contributed by atoms with Gasteiger partial charge in [0, 0.05) is 12.4 Å². The molecular formula is C14H16F3N5O2. The van der Waals surface area contributed by atoms with Gasteiger partial charge in [-0.1, -0.05) is 0 Å². The van der Waals surface area contributed by atoms with Gasteiger partial charge >= 0.3 is 12.3 Å². The number of carbonyl (C=O) groups excluding carboxylic acids is 1. The third-order valence-electron chi connectivity index (χ3n) is 2.62. The van der Waals surface area contributed by atoms with Gasteiger partial charge in [0.05, 0.1) is 5.56 Å². The number of ether oxygens (including phenoxy) is 1. The Balaban J connectivity index is 2.21. The van der Waals surface area contributed by atoms with Crippen LogP contribution in [-0.2, 0) is 10.9 Å². The predicted molar refractivity (Wildman–Crippen MR) is 79.4 cm³/mol. The van der Waals surface area contributed by atoms with Crippen LogP contribution >= 0.6 is 0 Å². The number of alkyl halides is 3. The fourth-order valence-corrected chi connectivity index (χ4v) is 1.74. The smallest absolute Gasteiger partial charge is 0.426 e. The first-order chi connectivity index (χ1) is 11.1. The Morgan fingerprint density at radius 3 is 2.50 bits per heavy atom. The maximum Gasteiger partial charge on any atom is 0.426 e. The first-order valence-corrected chi connectivity index (χ1v) is 6.88. The first-order valence-electron chi connectivity index (χ1n) is 6.88. The van der Waals surface area contributed by atoms with E-state index in [4.69, 9.17) is 4.74 Å². The summed E-state index contributed by atoms with van der Waals surface area (Å²) >= 11 is 0. The number of imidazole rings is 1. The van der Waals surface area contributed by atoms with Crippen LogP contribution in [0.15, 0.2) is 30.9 Å². The molecule has 0 unspecified atom stereocenters. The van der Waals surface area contributed by atoms with Crippen LogP contribution in [0.1, 0.15) is 26.3 Å². The number of aromatic nitrogens is 3. The van der Waals surface area contributed by atoms with Crippen molar-refractivity contribution in [3.05, 3.63) is 36.4 Å². The summed E-state index contributed by atoms with van der Waals surface area (Å²) in [5, 5.41) is 0. The molecule has 0 bridgehead atoms. The molecule has 2 rings (SSSR count). The van der Waals surface area contributed by atoms with Gasteiger partial charge in [-0.3, -0.25) is 9.99 Å². The number of carbonyl (C=O) groups is 1. The van der Waals surface area contributed by atoms with Crippen LogP contribution in [0.25, 0.3) is 5.82 Å². The molecule has 0 saturated carbocycles. The second-order valence-electron chi connectivity index (χ2n) is 5.79. The molecule has 7 nitrogen and oxygen atoms in total. The van der Waals surface area contributed by atoms with E-state index in [9.17, 15) is 18.0 Å². The summed E-state index contributed by atoms with van der Waals surface area (Å²) in [7, 11) is 0. The predicted octanol–water partition coefficient (Wildman–Crippen LogP) is 3.14. The molecule has 0 aromatic carbocycles. The van der Waals surface area contributed by atoms with Gasteiger partial charge in [-0.25, -0.2) is 20.2 Å². The normalized spacial score (nSPS) is 11.9. The van der Waals surface area contributed by atoms with Crippen LogP contribution in [-0.4, -0.2) is 26.2 Å². The van der Waals surface area contributed by atoms with E-state index in [0.29, 0.717) is 0 Å². The minimum Gasteiger partial charge on any atom is -0.443 e. The van der Waals surface area contributed by atoms with Crippen molar-refractivity contribution in [2.75, 3.05) is 5.43 Å². The van der Waals surface area contributed by atoms with Crippen molar-refractivity contribution in [1.29, 1.82) is 0 Å². The number of hydrogen-bond acceptors (Lipinski definition) is 5. The van der Waals surface area contributed by atoms with Crippen molar-refractivity contribution in [1.82, 2.24) is 20.0 Å². The molecule has 0 radical (unpaired) electrons. The monoisotopic (exact) mass is 343 g/mol. The van der Waals surface area contributed by atoms with Crippen LogP contribution in [0, 0.1) is 0 Å². The molecule has 2 aromatic heterocycles. The summed E-state index contributed by atoms with van der Waals surface area (Å²) < 4.78 is 45.4. The lowest BCUT2D eigenvalue weighted by atomic mass is 10.2.